The van der Waals surface area contributed by atoms with Crippen molar-refractivity contribution in [3.8, 4) is 0 Å². The topological polar surface area (TPSA) is 53.8 Å². The van der Waals surface area contributed by atoms with Crippen LogP contribution in [-0.2, 0) is 0 Å². The summed E-state index contributed by atoms with van der Waals surface area (Å²) in [6.07, 6.45) is 3.15. The lowest BCUT2D eigenvalue weighted by atomic mass is 10.1. The van der Waals surface area contributed by atoms with Crippen LogP contribution in [-0.4, -0.2) is 33.0 Å². The highest BCUT2D eigenvalue weighted by Gasteiger charge is 2.13. The summed E-state index contributed by atoms with van der Waals surface area (Å²) in [6, 6.07) is 15.1. The van der Waals surface area contributed by atoms with E-state index in [1.54, 1.807) is 12.1 Å². The molecule has 0 amide bonds. The number of fused-ring (bicyclic) bond motifs is 1. The zero-order valence-electron chi connectivity index (χ0n) is 17.3. The Bertz CT molecular complexity index is 1110. The van der Waals surface area contributed by atoms with Gasteiger partial charge in [-0.25, -0.2) is 4.79 Å². The molecule has 29 heavy (non-hydrogen) atoms. The molecular weight excluding hydrogens is 364 g/mol. The summed E-state index contributed by atoms with van der Waals surface area (Å²) < 4.78 is 5.46. The van der Waals surface area contributed by atoms with E-state index in [-0.39, 0.29) is 11.3 Å². The Morgan fingerprint density at radius 1 is 1.03 bits per heavy atom. The van der Waals surface area contributed by atoms with Crippen molar-refractivity contribution in [2.75, 3.05) is 37.0 Å². The number of carbonyl (C=O) groups excluding carboxylic acids is 1. The molecule has 1 aromatic heterocycles. The number of rotatable bonds is 7. The lowest BCUT2D eigenvalue weighted by Crippen LogP contribution is -2.21. The third-order valence-electron chi connectivity index (χ3n) is 4.95. The van der Waals surface area contributed by atoms with Crippen LogP contribution in [0, 0.1) is 0 Å². The zero-order valence-corrected chi connectivity index (χ0v) is 17.3. The van der Waals surface area contributed by atoms with E-state index in [0.29, 0.717) is 5.58 Å². The maximum Gasteiger partial charge on any atom is 0.347 e. The molecule has 0 unspecified atom stereocenters. The lowest BCUT2D eigenvalue weighted by molar-refractivity contribution is 0.104. The quantitative estimate of drug-likeness (QED) is 0.335. The molecule has 0 aliphatic heterocycles. The molecule has 0 N–H and O–H groups in total. The van der Waals surface area contributed by atoms with Gasteiger partial charge in [-0.2, -0.15) is 0 Å². The first-order chi connectivity index (χ1) is 13.9. The summed E-state index contributed by atoms with van der Waals surface area (Å²) in [6.45, 7) is 5.88. The Labute approximate surface area is 170 Å². The molecule has 1 heterocycles. The molecule has 0 spiro atoms. The van der Waals surface area contributed by atoms with E-state index in [0.717, 1.165) is 35.4 Å². The van der Waals surface area contributed by atoms with Gasteiger partial charge in [0.05, 0.1) is 0 Å². The summed E-state index contributed by atoms with van der Waals surface area (Å²) in [5, 5.41) is 0.728. The average molecular weight is 390 g/mol. The highest BCUT2D eigenvalue weighted by atomic mass is 16.4. The van der Waals surface area contributed by atoms with Crippen LogP contribution in [0.5, 0.6) is 0 Å². The van der Waals surface area contributed by atoms with E-state index in [9.17, 15) is 9.59 Å². The van der Waals surface area contributed by atoms with Crippen molar-refractivity contribution in [3.05, 3.63) is 76.2 Å². The molecular formula is C24H26N2O3. The SMILES string of the molecule is CCN(CC)c1ccc2cc(C(=O)C=Cc3ccccc3N(C)C)c(=O)oc2c1. The highest BCUT2D eigenvalue weighted by molar-refractivity contribution is 6.08. The number of hydrogen-bond donors (Lipinski definition) is 0. The van der Waals surface area contributed by atoms with Gasteiger partial charge in [0, 0.05) is 50.0 Å². The van der Waals surface area contributed by atoms with E-state index in [2.05, 4.69) is 18.7 Å². The fraction of sp³-hybridized carbons (Fsp3) is 0.250. The van der Waals surface area contributed by atoms with Crippen molar-refractivity contribution in [1.82, 2.24) is 0 Å². The van der Waals surface area contributed by atoms with Crippen molar-refractivity contribution < 1.29 is 9.21 Å². The predicted molar refractivity (Wildman–Crippen MR) is 120 cm³/mol. The van der Waals surface area contributed by atoms with E-state index in [1.165, 1.54) is 6.08 Å². The van der Waals surface area contributed by atoms with Gasteiger partial charge in [-0.05, 0) is 55.8 Å². The van der Waals surface area contributed by atoms with Crippen LogP contribution >= 0.6 is 0 Å². The standard InChI is InChI=1S/C24H26N2O3/c1-5-26(6-2)19-13-11-18-15-20(24(28)29-23(18)16-19)22(27)14-12-17-9-7-8-10-21(17)25(3)4/h7-16H,5-6H2,1-4H3. The molecule has 5 heteroatoms. The zero-order chi connectivity index (χ0) is 21.0. The average Bonchev–Trinajstić information content (AvgIpc) is 2.72. The van der Waals surface area contributed by atoms with Crippen LogP contribution < -0.4 is 15.4 Å². The van der Waals surface area contributed by atoms with Gasteiger partial charge in [0.1, 0.15) is 11.1 Å². The van der Waals surface area contributed by atoms with Gasteiger partial charge >= 0.3 is 5.63 Å². The molecule has 150 valence electrons. The van der Waals surface area contributed by atoms with Crippen LogP contribution in [0.4, 0.5) is 11.4 Å². The molecule has 3 rings (SSSR count). The van der Waals surface area contributed by atoms with Crippen LogP contribution in [0.25, 0.3) is 17.0 Å². The molecule has 0 fully saturated rings. The van der Waals surface area contributed by atoms with E-state index >= 15 is 0 Å². The Morgan fingerprint density at radius 3 is 2.45 bits per heavy atom. The maximum atomic E-state index is 12.7. The number of hydrogen-bond acceptors (Lipinski definition) is 5. The molecule has 0 saturated carbocycles. The van der Waals surface area contributed by atoms with Gasteiger partial charge in [-0.3, -0.25) is 4.79 Å². The number of nitrogens with zero attached hydrogens (tertiary/aromatic N) is 2. The normalized spacial score (nSPS) is 11.2. The Morgan fingerprint density at radius 2 is 1.76 bits per heavy atom. The van der Waals surface area contributed by atoms with Crippen LogP contribution in [0.3, 0.4) is 0 Å². The van der Waals surface area contributed by atoms with Crippen LogP contribution in [0.1, 0.15) is 29.8 Å². The second-order valence-corrected chi connectivity index (χ2v) is 6.99. The fourth-order valence-corrected chi connectivity index (χ4v) is 3.35. The van der Waals surface area contributed by atoms with Crippen molar-refractivity contribution in [1.29, 1.82) is 0 Å². The molecule has 5 nitrogen and oxygen atoms in total. The molecule has 0 bridgehead atoms. The third-order valence-corrected chi connectivity index (χ3v) is 4.95. The molecule has 0 radical (unpaired) electrons. The Hall–Kier alpha value is -3.34. The van der Waals surface area contributed by atoms with Gasteiger partial charge in [-0.1, -0.05) is 18.2 Å². The molecule has 0 saturated heterocycles. The van der Waals surface area contributed by atoms with Crippen molar-refractivity contribution in [2.24, 2.45) is 0 Å². The molecule has 0 aliphatic carbocycles. The van der Waals surface area contributed by atoms with Crippen LogP contribution in [0.2, 0.25) is 0 Å². The largest absolute Gasteiger partial charge is 0.422 e. The molecule has 0 atom stereocenters. The van der Waals surface area contributed by atoms with E-state index in [1.807, 2.05) is 61.5 Å². The summed E-state index contributed by atoms with van der Waals surface area (Å²) in [5.74, 6) is -0.373. The summed E-state index contributed by atoms with van der Waals surface area (Å²) in [5.41, 5.74) is 2.78. The first-order valence-corrected chi connectivity index (χ1v) is 9.76. The number of allylic oxidation sites excluding steroid dienone is 1. The predicted octanol–water partition coefficient (Wildman–Crippen LogP) is 4.60. The summed E-state index contributed by atoms with van der Waals surface area (Å²) in [4.78, 5) is 29.2. The molecule has 2 aromatic carbocycles. The Kier molecular flexibility index (Phi) is 6.17. The lowest BCUT2D eigenvalue weighted by Gasteiger charge is -2.20. The molecule has 3 aromatic rings. The van der Waals surface area contributed by atoms with Gasteiger partial charge in [0.2, 0.25) is 0 Å². The van der Waals surface area contributed by atoms with Gasteiger partial charge in [0.15, 0.2) is 5.78 Å². The van der Waals surface area contributed by atoms with Gasteiger partial charge in [-0.15, -0.1) is 0 Å². The van der Waals surface area contributed by atoms with Crippen molar-refractivity contribution in [2.45, 2.75) is 13.8 Å². The fourth-order valence-electron chi connectivity index (χ4n) is 3.35. The van der Waals surface area contributed by atoms with Crippen LogP contribution in [0.15, 0.2) is 63.8 Å². The maximum absolute atomic E-state index is 12.7. The minimum Gasteiger partial charge on any atom is -0.422 e. The number of ketones is 1. The highest BCUT2D eigenvalue weighted by Crippen LogP contribution is 2.23. The van der Waals surface area contributed by atoms with E-state index in [4.69, 9.17) is 4.42 Å². The van der Waals surface area contributed by atoms with E-state index < -0.39 is 5.63 Å². The minimum atomic E-state index is -0.621. The van der Waals surface area contributed by atoms with Gasteiger partial charge < -0.3 is 14.2 Å². The first kappa shape index (κ1) is 20.4. The first-order valence-electron chi connectivity index (χ1n) is 9.76. The number of anilines is 2. The van der Waals surface area contributed by atoms with Crippen molar-refractivity contribution in [3.63, 3.8) is 0 Å². The second-order valence-electron chi connectivity index (χ2n) is 6.99. The minimum absolute atomic E-state index is 0.0340. The number of benzene rings is 2. The number of para-hydroxylation sites is 1. The molecule has 0 aliphatic rings. The summed E-state index contributed by atoms with van der Waals surface area (Å²) in [7, 11) is 3.89. The smallest absolute Gasteiger partial charge is 0.347 e. The van der Waals surface area contributed by atoms with Gasteiger partial charge in [0.25, 0.3) is 0 Å². The summed E-state index contributed by atoms with van der Waals surface area (Å²) >= 11 is 0. The third kappa shape index (κ3) is 4.40. The second kappa shape index (κ2) is 8.78. The monoisotopic (exact) mass is 390 g/mol. The number of carbonyl (C=O) groups is 1. The van der Waals surface area contributed by atoms with Crippen molar-refractivity contribution >= 4 is 34.2 Å². The Balaban J connectivity index is 1.94.